The number of fused-ring (bicyclic) bond motifs is 2. The van der Waals surface area contributed by atoms with E-state index >= 15 is 4.39 Å². The number of carbonyl (C=O) groups is 1. The van der Waals surface area contributed by atoms with E-state index in [2.05, 4.69) is 22.0 Å². The molecule has 4 aromatic rings. The minimum absolute atomic E-state index is 0.327. The van der Waals surface area contributed by atoms with Crippen molar-refractivity contribution in [2.24, 2.45) is 0 Å². The van der Waals surface area contributed by atoms with Gasteiger partial charge in [0.25, 0.3) is 5.91 Å². The zero-order chi connectivity index (χ0) is 25.5. The molecule has 0 saturated heterocycles. The fourth-order valence-electron chi connectivity index (χ4n) is 5.00. The fraction of sp³-hybridized carbons (Fsp3) is 0.138. The number of halogens is 2. The van der Waals surface area contributed by atoms with Crippen molar-refractivity contribution in [3.63, 3.8) is 0 Å². The second-order valence-electron chi connectivity index (χ2n) is 9.13. The van der Waals surface area contributed by atoms with Gasteiger partial charge in [0, 0.05) is 36.3 Å². The summed E-state index contributed by atoms with van der Waals surface area (Å²) in [4.78, 5) is 19.5. The van der Waals surface area contributed by atoms with Crippen LogP contribution >= 0.6 is 0 Å². The molecule has 3 heterocycles. The Morgan fingerprint density at radius 2 is 1.86 bits per heavy atom. The number of amides is 1. The maximum absolute atomic E-state index is 15.1. The van der Waals surface area contributed by atoms with Crippen LogP contribution in [0.5, 0.6) is 0 Å². The molecule has 1 saturated carbocycles. The first-order valence-electron chi connectivity index (χ1n) is 12.0. The fourth-order valence-corrected chi connectivity index (χ4v) is 5.00. The van der Waals surface area contributed by atoms with Gasteiger partial charge in [0.2, 0.25) is 0 Å². The molecule has 1 aliphatic heterocycles. The predicted molar refractivity (Wildman–Crippen MR) is 138 cm³/mol. The highest BCUT2D eigenvalue weighted by Gasteiger charge is 2.31. The van der Waals surface area contributed by atoms with Crippen LogP contribution in [-0.4, -0.2) is 20.5 Å². The van der Waals surface area contributed by atoms with Crippen molar-refractivity contribution in [2.75, 3.05) is 10.2 Å². The Balaban J connectivity index is 1.25. The van der Waals surface area contributed by atoms with Crippen LogP contribution in [0.4, 0.5) is 20.2 Å². The minimum Gasteiger partial charge on any atom is -0.322 e. The Labute approximate surface area is 212 Å². The quantitative estimate of drug-likeness (QED) is 0.373. The predicted octanol–water partition coefficient (Wildman–Crippen LogP) is 5.94. The lowest BCUT2D eigenvalue weighted by atomic mass is 9.95. The van der Waals surface area contributed by atoms with Crippen LogP contribution in [0.15, 0.2) is 102 Å². The van der Waals surface area contributed by atoms with Crippen LogP contribution < -0.4 is 10.2 Å². The summed E-state index contributed by atoms with van der Waals surface area (Å²) in [5.74, 6) is -1.11. The van der Waals surface area contributed by atoms with Gasteiger partial charge in [0.1, 0.15) is 11.6 Å². The summed E-state index contributed by atoms with van der Waals surface area (Å²) in [6, 6.07) is 14.3. The molecule has 1 aliphatic carbocycles. The molecule has 2 aromatic carbocycles. The number of aromatic nitrogens is 3. The van der Waals surface area contributed by atoms with Gasteiger partial charge in [0.15, 0.2) is 5.65 Å². The van der Waals surface area contributed by atoms with Crippen LogP contribution in [0.3, 0.4) is 0 Å². The van der Waals surface area contributed by atoms with Gasteiger partial charge in [0.05, 0.1) is 23.2 Å². The first kappa shape index (κ1) is 22.8. The summed E-state index contributed by atoms with van der Waals surface area (Å²) in [5, 5.41) is 7.11. The largest absolute Gasteiger partial charge is 0.322 e. The summed E-state index contributed by atoms with van der Waals surface area (Å²) in [6.07, 6.45) is 8.17. The summed E-state index contributed by atoms with van der Waals surface area (Å²) in [7, 11) is 0. The van der Waals surface area contributed by atoms with E-state index in [-0.39, 0.29) is 11.7 Å². The van der Waals surface area contributed by atoms with Crippen molar-refractivity contribution in [3.8, 4) is 0 Å². The van der Waals surface area contributed by atoms with Crippen LogP contribution in [0.1, 0.15) is 30.5 Å². The number of carbonyl (C=O) groups excluding carboxylic acids is 1. The van der Waals surface area contributed by atoms with E-state index in [0.717, 1.165) is 36.1 Å². The molecule has 2 aliphatic rings. The Morgan fingerprint density at radius 3 is 2.68 bits per heavy atom. The van der Waals surface area contributed by atoms with E-state index in [0.29, 0.717) is 40.3 Å². The molecular weight excluding hydrogens is 472 g/mol. The highest BCUT2D eigenvalue weighted by atomic mass is 19.1. The molecule has 184 valence electrons. The van der Waals surface area contributed by atoms with Crippen molar-refractivity contribution in [3.05, 3.63) is 125 Å². The Morgan fingerprint density at radius 1 is 1.03 bits per heavy atom. The number of anilines is 2. The molecule has 0 unspecified atom stereocenters. The number of hydrogen-bond acceptors (Lipinski definition) is 4. The lowest BCUT2D eigenvalue weighted by molar-refractivity contribution is -0.112. The zero-order valence-electron chi connectivity index (χ0n) is 19.9. The van der Waals surface area contributed by atoms with E-state index in [4.69, 9.17) is 0 Å². The van der Waals surface area contributed by atoms with Gasteiger partial charge < -0.3 is 10.2 Å². The summed E-state index contributed by atoms with van der Waals surface area (Å²) in [5.41, 5.74) is 6.04. The molecule has 1 amide bonds. The molecule has 0 spiro atoms. The second kappa shape index (κ2) is 9.13. The Hall–Kier alpha value is -4.59. The van der Waals surface area contributed by atoms with Gasteiger partial charge in [-0.1, -0.05) is 12.6 Å². The van der Waals surface area contributed by atoms with Gasteiger partial charge in [-0.25, -0.2) is 18.3 Å². The van der Waals surface area contributed by atoms with Crippen LogP contribution in [-0.2, 0) is 11.2 Å². The van der Waals surface area contributed by atoms with Crippen LogP contribution in [0, 0.1) is 11.6 Å². The van der Waals surface area contributed by atoms with E-state index < -0.39 is 5.82 Å². The highest BCUT2D eigenvalue weighted by Crippen LogP contribution is 2.41. The SMILES string of the molecule is C=C1C(C(=O)Nc2ccc(Cc3ccnc4ccnn34)c(F)c2)=C2CCCC2=CN1c1ccc(F)cc1. The topological polar surface area (TPSA) is 62.5 Å². The van der Waals surface area contributed by atoms with Gasteiger partial charge in [-0.2, -0.15) is 5.10 Å². The first-order chi connectivity index (χ1) is 18.0. The zero-order valence-corrected chi connectivity index (χ0v) is 19.9. The number of allylic oxidation sites excluding steroid dienone is 2. The molecule has 1 fully saturated rings. The first-order valence-corrected chi connectivity index (χ1v) is 12.0. The van der Waals surface area contributed by atoms with Crippen LogP contribution in [0.25, 0.3) is 5.65 Å². The van der Waals surface area contributed by atoms with Crippen molar-refractivity contribution in [2.45, 2.75) is 25.7 Å². The molecule has 37 heavy (non-hydrogen) atoms. The van der Waals surface area contributed by atoms with Gasteiger partial charge in [-0.05, 0) is 78.4 Å². The lowest BCUT2D eigenvalue weighted by Gasteiger charge is -2.30. The molecule has 6 nitrogen and oxygen atoms in total. The van der Waals surface area contributed by atoms with Crippen LogP contribution in [0.2, 0.25) is 0 Å². The molecule has 2 aromatic heterocycles. The van der Waals surface area contributed by atoms with E-state index in [1.807, 2.05) is 11.1 Å². The van der Waals surface area contributed by atoms with Crippen molar-refractivity contribution >= 4 is 22.9 Å². The molecule has 8 heteroatoms. The molecule has 0 bridgehead atoms. The van der Waals surface area contributed by atoms with E-state index in [9.17, 15) is 9.18 Å². The highest BCUT2D eigenvalue weighted by molar-refractivity contribution is 6.09. The smallest absolute Gasteiger partial charge is 0.258 e. The average molecular weight is 496 g/mol. The number of benzene rings is 2. The van der Waals surface area contributed by atoms with Gasteiger partial charge in [-0.3, -0.25) is 4.79 Å². The monoisotopic (exact) mass is 495 g/mol. The summed E-state index contributed by atoms with van der Waals surface area (Å²) in [6.45, 7) is 4.18. The van der Waals surface area contributed by atoms with E-state index in [1.165, 1.54) is 18.2 Å². The van der Waals surface area contributed by atoms with E-state index in [1.54, 1.807) is 53.3 Å². The number of nitrogens with zero attached hydrogens (tertiary/aromatic N) is 4. The van der Waals surface area contributed by atoms with Crippen molar-refractivity contribution < 1.29 is 13.6 Å². The second-order valence-corrected chi connectivity index (χ2v) is 9.13. The molecule has 0 radical (unpaired) electrons. The third-order valence-corrected chi connectivity index (χ3v) is 6.81. The van der Waals surface area contributed by atoms with Gasteiger partial charge in [-0.15, -0.1) is 0 Å². The minimum atomic E-state index is -0.426. The van der Waals surface area contributed by atoms with Crippen molar-refractivity contribution in [1.29, 1.82) is 0 Å². The lowest BCUT2D eigenvalue weighted by Crippen LogP contribution is -2.28. The third-order valence-electron chi connectivity index (χ3n) is 6.81. The molecule has 6 rings (SSSR count). The summed E-state index contributed by atoms with van der Waals surface area (Å²) >= 11 is 0. The van der Waals surface area contributed by atoms with Gasteiger partial charge >= 0.3 is 0 Å². The number of hydrogen-bond donors (Lipinski definition) is 1. The normalized spacial score (nSPS) is 15.2. The number of rotatable bonds is 5. The molecule has 1 N–H and O–H groups in total. The summed E-state index contributed by atoms with van der Waals surface area (Å²) < 4.78 is 30.2. The maximum atomic E-state index is 15.1. The maximum Gasteiger partial charge on any atom is 0.258 e. The average Bonchev–Trinajstić information content (AvgIpc) is 3.56. The Kier molecular flexibility index (Phi) is 5.64. The Bertz CT molecular complexity index is 1620. The standard InChI is InChI=1S/C29H23F2N5O/c1-18-28(25-4-2-3-20(25)17-35(18)23-9-6-21(30)7-10-23)29(37)34-22-8-5-19(26(31)16-22)15-24-11-13-32-27-12-14-33-36(24)27/h5-14,16-17H,1-4,15H2,(H,34,37). The third kappa shape index (κ3) is 4.20. The van der Waals surface area contributed by atoms with Crippen molar-refractivity contribution in [1.82, 2.24) is 14.6 Å². The number of nitrogens with one attached hydrogen (secondary N) is 1. The molecule has 0 atom stereocenters. The molecular formula is C29H23F2N5O.